The van der Waals surface area contributed by atoms with Crippen LogP contribution in [-0.2, 0) is 26.2 Å². The Bertz CT molecular complexity index is 1170. The van der Waals surface area contributed by atoms with Crippen molar-refractivity contribution in [3.8, 4) is 0 Å². The van der Waals surface area contributed by atoms with Crippen molar-refractivity contribution in [3.63, 3.8) is 0 Å². The van der Waals surface area contributed by atoms with Gasteiger partial charge in [0.2, 0.25) is 21.8 Å². The molecule has 2 amide bonds. The Morgan fingerprint density at radius 2 is 1.64 bits per heavy atom. The summed E-state index contributed by atoms with van der Waals surface area (Å²) in [6.07, 6.45) is 5.61. The average Bonchev–Trinajstić information content (AvgIpc) is 3.30. The number of amides is 2. The van der Waals surface area contributed by atoms with Gasteiger partial charge >= 0.3 is 0 Å². The van der Waals surface area contributed by atoms with E-state index in [1.807, 2.05) is 58.0 Å². The van der Waals surface area contributed by atoms with E-state index in [2.05, 4.69) is 5.32 Å². The Hall–Kier alpha value is -2.87. The van der Waals surface area contributed by atoms with Gasteiger partial charge in [-0.25, -0.2) is 8.42 Å². The van der Waals surface area contributed by atoms with Crippen LogP contribution < -0.4 is 9.62 Å². The Morgan fingerprint density at radius 3 is 2.19 bits per heavy atom. The number of carbonyl (C=O) groups is 2. The molecule has 0 aromatic heterocycles. The van der Waals surface area contributed by atoms with Crippen LogP contribution in [0.5, 0.6) is 0 Å². The van der Waals surface area contributed by atoms with E-state index in [0.29, 0.717) is 12.1 Å². The predicted octanol–water partition coefficient (Wildman–Crippen LogP) is 4.24. The lowest BCUT2D eigenvalue weighted by Gasteiger charge is -2.34. The van der Waals surface area contributed by atoms with Crippen LogP contribution >= 0.6 is 0 Å². The largest absolute Gasteiger partial charge is 0.352 e. The lowest BCUT2D eigenvalue weighted by molar-refractivity contribution is -0.140. The number of nitrogens with one attached hydrogen (secondary N) is 1. The Morgan fingerprint density at radius 1 is 1.03 bits per heavy atom. The van der Waals surface area contributed by atoms with Crippen LogP contribution in [0.4, 0.5) is 5.69 Å². The lowest BCUT2D eigenvalue weighted by atomic mass is 10.1. The molecule has 7 nitrogen and oxygen atoms in total. The van der Waals surface area contributed by atoms with Crippen LogP contribution in [0.2, 0.25) is 0 Å². The summed E-state index contributed by atoms with van der Waals surface area (Å²) in [6, 6.07) is 12.7. The summed E-state index contributed by atoms with van der Waals surface area (Å²) < 4.78 is 26.7. The third-order valence-corrected chi connectivity index (χ3v) is 8.00. The molecule has 1 aliphatic rings. The zero-order valence-corrected chi connectivity index (χ0v) is 22.9. The highest BCUT2D eigenvalue weighted by molar-refractivity contribution is 7.92. The van der Waals surface area contributed by atoms with Gasteiger partial charge in [0, 0.05) is 12.6 Å². The smallest absolute Gasteiger partial charge is 0.244 e. The minimum atomic E-state index is -3.75. The van der Waals surface area contributed by atoms with E-state index in [-0.39, 0.29) is 25.0 Å². The summed E-state index contributed by atoms with van der Waals surface area (Å²) >= 11 is 0. The van der Waals surface area contributed by atoms with Crippen molar-refractivity contribution in [2.75, 3.05) is 17.1 Å². The highest BCUT2D eigenvalue weighted by Gasteiger charge is 2.33. The molecule has 1 saturated carbocycles. The van der Waals surface area contributed by atoms with E-state index in [1.165, 1.54) is 0 Å². The topological polar surface area (TPSA) is 86.8 Å². The third-order valence-electron chi connectivity index (χ3n) is 6.86. The summed E-state index contributed by atoms with van der Waals surface area (Å²) in [6.45, 7) is 7.49. The molecular weight excluding hydrogens is 474 g/mol. The number of nitrogens with zero attached hydrogens (tertiary/aromatic N) is 2. The molecule has 0 unspecified atom stereocenters. The highest BCUT2D eigenvalue weighted by Crippen LogP contribution is 2.24. The molecule has 0 bridgehead atoms. The highest BCUT2D eigenvalue weighted by atomic mass is 32.2. The molecule has 2 aromatic rings. The first kappa shape index (κ1) is 27.7. The Balaban J connectivity index is 1.95. The molecule has 1 aliphatic carbocycles. The molecule has 8 heteroatoms. The van der Waals surface area contributed by atoms with Crippen molar-refractivity contribution < 1.29 is 18.0 Å². The maximum atomic E-state index is 13.8. The maximum absolute atomic E-state index is 13.8. The molecule has 36 heavy (non-hydrogen) atoms. The van der Waals surface area contributed by atoms with Gasteiger partial charge in [0.25, 0.3) is 0 Å². The quantitative estimate of drug-likeness (QED) is 0.515. The summed E-state index contributed by atoms with van der Waals surface area (Å²) in [5.41, 5.74) is 4.20. The molecule has 0 radical (unpaired) electrons. The van der Waals surface area contributed by atoms with Gasteiger partial charge < -0.3 is 10.2 Å². The Kier molecular flexibility index (Phi) is 9.17. The van der Waals surface area contributed by atoms with Crippen molar-refractivity contribution in [1.29, 1.82) is 0 Å². The van der Waals surface area contributed by atoms with Gasteiger partial charge in [-0.1, -0.05) is 50.1 Å². The van der Waals surface area contributed by atoms with E-state index in [0.717, 1.165) is 58.5 Å². The van der Waals surface area contributed by atoms with Gasteiger partial charge in [0.05, 0.1) is 11.9 Å². The van der Waals surface area contributed by atoms with Gasteiger partial charge in [-0.3, -0.25) is 13.9 Å². The molecule has 0 aliphatic heterocycles. The zero-order chi connectivity index (χ0) is 26.5. The molecule has 1 N–H and O–H groups in total. The molecule has 0 saturated heterocycles. The molecule has 0 heterocycles. The monoisotopic (exact) mass is 513 g/mol. The van der Waals surface area contributed by atoms with E-state index in [1.54, 1.807) is 17.0 Å². The number of hydrogen-bond acceptors (Lipinski definition) is 4. The van der Waals surface area contributed by atoms with Gasteiger partial charge in [-0.15, -0.1) is 0 Å². The molecule has 1 fully saturated rings. The van der Waals surface area contributed by atoms with E-state index in [9.17, 15) is 18.0 Å². The predicted molar refractivity (Wildman–Crippen MR) is 144 cm³/mol. The van der Waals surface area contributed by atoms with Crippen LogP contribution in [0.25, 0.3) is 0 Å². The van der Waals surface area contributed by atoms with Gasteiger partial charge in [-0.05, 0) is 74.4 Å². The number of sulfonamides is 1. The molecule has 1 atom stereocenters. The van der Waals surface area contributed by atoms with Crippen LogP contribution in [-0.4, -0.2) is 50.0 Å². The fourth-order valence-electron chi connectivity index (χ4n) is 4.97. The number of aryl methyl sites for hydroxylation is 3. The van der Waals surface area contributed by atoms with Crippen LogP contribution in [0, 0.1) is 20.8 Å². The van der Waals surface area contributed by atoms with Crippen molar-refractivity contribution in [3.05, 3.63) is 64.7 Å². The van der Waals surface area contributed by atoms with Crippen LogP contribution in [0.3, 0.4) is 0 Å². The van der Waals surface area contributed by atoms with Crippen LogP contribution in [0.15, 0.2) is 42.5 Å². The second kappa shape index (κ2) is 11.9. The number of benzene rings is 2. The van der Waals surface area contributed by atoms with Crippen molar-refractivity contribution in [1.82, 2.24) is 10.2 Å². The molecule has 3 rings (SSSR count). The molecule has 0 spiro atoms. The SMILES string of the molecule is CC[C@@H](C(=O)NC1CCCC1)N(Cc1ccccc1C)C(=O)CN(c1cc(C)cc(C)c1)S(C)(=O)=O. The van der Waals surface area contributed by atoms with Gasteiger partial charge in [0.15, 0.2) is 0 Å². The van der Waals surface area contributed by atoms with Gasteiger partial charge in [-0.2, -0.15) is 0 Å². The molecule has 2 aromatic carbocycles. The molecule has 196 valence electrons. The van der Waals surface area contributed by atoms with Gasteiger partial charge in [0.1, 0.15) is 12.6 Å². The third kappa shape index (κ3) is 7.09. The standard InChI is InChI=1S/C28H39N3O4S/c1-6-26(28(33)29-24-13-9-10-14-24)30(18-23-12-8-7-11-22(23)4)27(32)19-31(36(5,34)35)25-16-20(2)15-21(3)17-25/h7-8,11-12,15-17,24,26H,6,9-10,13-14,18-19H2,1-5H3,(H,29,33)/t26-/m0/s1. The van der Waals surface area contributed by atoms with Crippen molar-refractivity contribution in [2.45, 2.75) is 78.4 Å². The summed E-state index contributed by atoms with van der Waals surface area (Å²) in [5.74, 6) is -0.583. The first-order chi connectivity index (χ1) is 17.0. The zero-order valence-electron chi connectivity index (χ0n) is 22.1. The van der Waals surface area contributed by atoms with Crippen molar-refractivity contribution in [2.24, 2.45) is 0 Å². The minimum Gasteiger partial charge on any atom is -0.352 e. The fraction of sp³-hybridized carbons (Fsp3) is 0.500. The second-order valence-electron chi connectivity index (χ2n) is 9.98. The minimum absolute atomic E-state index is 0.129. The number of carbonyl (C=O) groups excluding carboxylic acids is 2. The maximum Gasteiger partial charge on any atom is 0.244 e. The van der Waals surface area contributed by atoms with E-state index < -0.39 is 22.0 Å². The summed E-state index contributed by atoms with van der Waals surface area (Å²) in [4.78, 5) is 28.7. The number of rotatable bonds is 10. The summed E-state index contributed by atoms with van der Waals surface area (Å²) in [7, 11) is -3.75. The Labute approximate surface area is 215 Å². The lowest BCUT2D eigenvalue weighted by Crippen LogP contribution is -2.53. The number of hydrogen-bond donors (Lipinski definition) is 1. The van der Waals surface area contributed by atoms with E-state index >= 15 is 0 Å². The first-order valence-electron chi connectivity index (χ1n) is 12.7. The molecular formula is C28H39N3O4S. The second-order valence-corrected chi connectivity index (χ2v) is 11.9. The average molecular weight is 514 g/mol. The fourth-order valence-corrected chi connectivity index (χ4v) is 5.80. The first-order valence-corrected chi connectivity index (χ1v) is 14.5. The number of anilines is 1. The van der Waals surface area contributed by atoms with Crippen LogP contribution in [0.1, 0.15) is 61.3 Å². The van der Waals surface area contributed by atoms with E-state index in [4.69, 9.17) is 0 Å². The summed E-state index contributed by atoms with van der Waals surface area (Å²) in [5, 5.41) is 3.13. The van der Waals surface area contributed by atoms with Crippen molar-refractivity contribution >= 4 is 27.5 Å². The normalized spacial score (nSPS) is 14.9.